The summed E-state index contributed by atoms with van der Waals surface area (Å²) in [6, 6.07) is 13.6. The molecule has 33 heavy (non-hydrogen) atoms. The first-order valence-corrected chi connectivity index (χ1v) is 13.1. The van der Waals surface area contributed by atoms with Crippen molar-refractivity contribution in [1.29, 1.82) is 0 Å². The Balaban J connectivity index is 1.83. The lowest BCUT2D eigenvalue weighted by molar-refractivity contribution is -0.0398. The molecular formula is C30H45NO2. The van der Waals surface area contributed by atoms with Crippen LogP contribution in [0.5, 0.6) is 5.75 Å². The van der Waals surface area contributed by atoms with E-state index in [1.54, 1.807) is 0 Å². The van der Waals surface area contributed by atoms with Gasteiger partial charge in [0.2, 0.25) is 0 Å². The first kappa shape index (κ1) is 25.8. The third-order valence-electron chi connectivity index (χ3n) is 8.09. The molecule has 1 aliphatic rings. The first-order valence-electron chi connectivity index (χ1n) is 13.1. The smallest absolute Gasteiger partial charge is 0.147 e. The van der Waals surface area contributed by atoms with E-state index in [1.165, 1.54) is 22.3 Å². The first-order chi connectivity index (χ1) is 15.8. The highest BCUT2D eigenvalue weighted by Gasteiger charge is 2.34. The van der Waals surface area contributed by atoms with Gasteiger partial charge in [0.25, 0.3) is 0 Å². The molecule has 1 unspecified atom stereocenters. The molecule has 0 aliphatic heterocycles. The van der Waals surface area contributed by atoms with Crippen LogP contribution in [0.2, 0.25) is 0 Å². The second kappa shape index (κ2) is 11.1. The Morgan fingerprint density at radius 2 is 1.64 bits per heavy atom. The zero-order chi connectivity index (χ0) is 24.1. The van der Waals surface area contributed by atoms with Crippen LogP contribution in [0.4, 0.5) is 0 Å². The molecule has 0 spiro atoms. The lowest BCUT2D eigenvalue weighted by atomic mass is 9.69. The summed E-state index contributed by atoms with van der Waals surface area (Å²) in [6.45, 7) is 11.1. The van der Waals surface area contributed by atoms with Crippen molar-refractivity contribution in [3.8, 4) is 5.75 Å². The second-order valence-electron chi connectivity index (χ2n) is 10.3. The normalized spacial score (nSPS) is 16.3. The molecule has 0 bridgehead atoms. The van der Waals surface area contributed by atoms with Crippen LogP contribution in [0.1, 0.15) is 106 Å². The predicted molar refractivity (Wildman–Crippen MR) is 139 cm³/mol. The maximum absolute atomic E-state index is 10.5. The summed E-state index contributed by atoms with van der Waals surface area (Å²) in [6.07, 6.45) is 9.85. The Kier molecular flexibility index (Phi) is 8.64. The van der Waals surface area contributed by atoms with Crippen molar-refractivity contribution < 1.29 is 9.84 Å². The monoisotopic (exact) mass is 451 g/mol. The summed E-state index contributed by atoms with van der Waals surface area (Å²) in [5.41, 5.74) is 12.3. The quantitative estimate of drug-likeness (QED) is 0.338. The number of aryl methyl sites for hydroxylation is 3. The topological polar surface area (TPSA) is 55.5 Å². The van der Waals surface area contributed by atoms with Crippen molar-refractivity contribution in [2.24, 2.45) is 5.73 Å². The molecule has 0 radical (unpaired) electrons. The summed E-state index contributed by atoms with van der Waals surface area (Å²) < 4.78 is 6.05. The lowest BCUT2D eigenvalue weighted by Crippen LogP contribution is -2.37. The van der Waals surface area contributed by atoms with Gasteiger partial charge < -0.3 is 9.84 Å². The van der Waals surface area contributed by atoms with Gasteiger partial charge in [-0.05, 0) is 106 Å². The van der Waals surface area contributed by atoms with Gasteiger partial charge in [-0.15, -0.1) is 0 Å². The third-order valence-corrected chi connectivity index (χ3v) is 8.09. The summed E-state index contributed by atoms with van der Waals surface area (Å²) >= 11 is 0. The minimum atomic E-state index is -0.415. The highest BCUT2D eigenvalue weighted by molar-refractivity contribution is 5.47. The highest BCUT2D eigenvalue weighted by Crippen LogP contribution is 2.41. The molecule has 3 heteroatoms. The molecule has 0 saturated heterocycles. The summed E-state index contributed by atoms with van der Waals surface area (Å²) in [5, 5.41) is 10.5. The molecule has 0 aromatic heterocycles. The zero-order valence-corrected chi connectivity index (χ0v) is 21.5. The van der Waals surface area contributed by atoms with Gasteiger partial charge in [-0.3, -0.25) is 5.73 Å². The maximum Gasteiger partial charge on any atom is 0.147 e. The number of ether oxygens (including phenoxy) is 1. The summed E-state index contributed by atoms with van der Waals surface area (Å²) in [4.78, 5) is 0. The number of rotatable bonds is 12. The number of hydrogen-bond acceptors (Lipinski definition) is 3. The average molecular weight is 452 g/mol. The Morgan fingerprint density at radius 3 is 2.15 bits per heavy atom. The lowest BCUT2D eigenvalue weighted by Gasteiger charge is -2.37. The van der Waals surface area contributed by atoms with E-state index >= 15 is 0 Å². The molecule has 2 aromatic rings. The van der Waals surface area contributed by atoms with Gasteiger partial charge in [-0.1, -0.05) is 57.5 Å². The van der Waals surface area contributed by atoms with Crippen molar-refractivity contribution in [3.63, 3.8) is 0 Å². The van der Waals surface area contributed by atoms with Gasteiger partial charge in [0.15, 0.2) is 0 Å². The van der Waals surface area contributed by atoms with Crippen molar-refractivity contribution in [1.82, 2.24) is 0 Å². The van der Waals surface area contributed by atoms with Crippen molar-refractivity contribution in [2.75, 3.05) is 0 Å². The molecular weight excluding hydrogens is 406 g/mol. The Bertz CT molecular complexity index is 912. The van der Waals surface area contributed by atoms with E-state index in [-0.39, 0.29) is 11.6 Å². The van der Waals surface area contributed by atoms with E-state index in [0.717, 1.165) is 75.5 Å². The van der Waals surface area contributed by atoms with E-state index in [2.05, 4.69) is 71.0 Å². The standard InChI is InChI=1S/C30H45NO2/c1-6-9-11-28(31)33-27-15-14-26(21-23(27)5)30(7-2,8-3)25-13-12-24(22(4)20-25)16-19-29(32)17-10-18-29/h12-15,20-21,28,32H,6-11,16-19,31H2,1-5H3. The fraction of sp³-hybridized carbons (Fsp3) is 0.600. The van der Waals surface area contributed by atoms with Crippen molar-refractivity contribution in [2.45, 2.75) is 116 Å². The van der Waals surface area contributed by atoms with E-state index in [9.17, 15) is 5.11 Å². The van der Waals surface area contributed by atoms with Crippen LogP contribution < -0.4 is 10.5 Å². The van der Waals surface area contributed by atoms with Crippen molar-refractivity contribution >= 4 is 0 Å². The number of hydrogen-bond donors (Lipinski definition) is 2. The van der Waals surface area contributed by atoms with Crippen molar-refractivity contribution in [3.05, 3.63) is 64.2 Å². The van der Waals surface area contributed by atoms with Crippen LogP contribution in [0.15, 0.2) is 36.4 Å². The van der Waals surface area contributed by atoms with E-state index in [4.69, 9.17) is 10.5 Å². The van der Waals surface area contributed by atoms with Crippen LogP contribution in [-0.4, -0.2) is 16.9 Å². The van der Waals surface area contributed by atoms with Gasteiger partial charge in [0, 0.05) is 5.41 Å². The molecule has 3 nitrogen and oxygen atoms in total. The molecule has 1 fully saturated rings. The van der Waals surface area contributed by atoms with Crippen LogP contribution >= 0.6 is 0 Å². The third kappa shape index (κ3) is 5.81. The molecule has 1 saturated carbocycles. The number of unbranched alkanes of at least 4 members (excludes halogenated alkanes) is 1. The van der Waals surface area contributed by atoms with E-state index < -0.39 is 5.60 Å². The molecule has 1 aliphatic carbocycles. The largest absolute Gasteiger partial charge is 0.475 e. The molecule has 3 rings (SSSR count). The molecule has 1 atom stereocenters. The Morgan fingerprint density at radius 1 is 1.00 bits per heavy atom. The van der Waals surface area contributed by atoms with Gasteiger partial charge in [-0.2, -0.15) is 0 Å². The van der Waals surface area contributed by atoms with E-state index in [1.807, 2.05) is 0 Å². The molecule has 0 amide bonds. The highest BCUT2D eigenvalue weighted by atomic mass is 16.5. The van der Waals surface area contributed by atoms with Gasteiger partial charge >= 0.3 is 0 Å². The summed E-state index contributed by atoms with van der Waals surface area (Å²) in [5.74, 6) is 0.893. The Labute approximate surface area is 201 Å². The van der Waals surface area contributed by atoms with Gasteiger partial charge in [0.05, 0.1) is 5.60 Å². The number of benzene rings is 2. The van der Waals surface area contributed by atoms with Crippen LogP contribution in [0.3, 0.4) is 0 Å². The van der Waals surface area contributed by atoms with Gasteiger partial charge in [0.1, 0.15) is 12.0 Å². The SMILES string of the molecule is CCCCC(N)Oc1ccc(C(CC)(CC)c2ccc(CCC3(O)CCC3)c(C)c2)cc1C. The number of nitrogens with two attached hydrogens (primary N) is 1. The Hall–Kier alpha value is -1.84. The molecule has 3 N–H and O–H groups in total. The molecule has 0 heterocycles. The van der Waals surface area contributed by atoms with Crippen LogP contribution in [0.25, 0.3) is 0 Å². The fourth-order valence-corrected chi connectivity index (χ4v) is 5.42. The van der Waals surface area contributed by atoms with Crippen LogP contribution in [0, 0.1) is 13.8 Å². The molecule has 182 valence electrons. The molecule has 2 aromatic carbocycles. The van der Waals surface area contributed by atoms with Gasteiger partial charge in [-0.25, -0.2) is 0 Å². The second-order valence-corrected chi connectivity index (χ2v) is 10.3. The maximum atomic E-state index is 10.5. The fourth-order valence-electron chi connectivity index (χ4n) is 5.42. The zero-order valence-electron chi connectivity index (χ0n) is 21.5. The predicted octanol–water partition coefficient (Wildman–Crippen LogP) is 7.11. The summed E-state index contributed by atoms with van der Waals surface area (Å²) in [7, 11) is 0. The average Bonchev–Trinajstić information content (AvgIpc) is 2.78. The van der Waals surface area contributed by atoms with Crippen LogP contribution in [-0.2, 0) is 11.8 Å². The minimum absolute atomic E-state index is 0.0247. The number of aliphatic hydroxyl groups is 1. The minimum Gasteiger partial charge on any atom is -0.475 e. The van der Waals surface area contributed by atoms with E-state index in [0.29, 0.717) is 0 Å².